The van der Waals surface area contributed by atoms with E-state index in [2.05, 4.69) is 33.0 Å². The number of halogens is 1. The molecule has 0 bridgehead atoms. The summed E-state index contributed by atoms with van der Waals surface area (Å²) in [5.74, 6) is 0.487. The Hall–Kier alpha value is -1.99. The third-order valence-electron chi connectivity index (χ3n) is 2.98. The van der Waals surface area contributed by atoms with Gasteiger partial charge in [-0.15, -0.1) is 0 Å². The third-order valence-corrected chi connectivity index (χ3v) is 3.23. The molecule has 5 heteroatoms. The van der Waals surface area contributed by atoms with E-state index >= 15 is 0 Å². The predicted octanol–water partition coefficient (Wildman–Crippen LogP) is 4.30. The Bertz CT molecular complexity index is 575. The van der Waals surface area contributed by atoms with Crippen molar-refractivity contribution in [3.63, 3.8) is 0 Å². The van der Waals surface area contributed by atoms with Crippen LogP contribution in [0.1, 0.15) is 27.7 Å². The molecular weight excluding hydrogens is 310 g/mol. The Morgan fingerprint density at radius 2 is 1.74 bits per heavy atom. The number of rotatable bonds is 7. The first-order chi connectivity index (χ1) is 10.8. The smallest absolute Gasteiger partial charge is 0.267 e. The Labute approximate surface area is 143 Å². The number of anilines is 1. The first kappa shape index (κ1) is 19.1. The van der Waals surface area contributed by atoms with Crippen LogP contribution in [0.15, 0.2) is 36.0 Å². The van der Waals surface area contributed by atoms with E-state index in [1.54, 1.807) is 30.5 Å². The van der Waals surface area contributed by atoms with E-state index in [0.29, 0.717) is 22.5 Å². The molecule has 0 spiro atoms. The monoisotopic (exact) mass is 333 g/mol. The molecule has 0 fully saturated rings. The molecular formula is C18H24ClN3O. The van der Waals surface area contributed by atoms with Crippen LogP contribution < -0.4 is 5.32 Å². The zero-order valence-corrected chi connectivity index (χ0v) is 14.9. The zero-order valence-electron chi connectivity index (χ0n) is 14.1. The fourth-order valence-corrected chi connectivity index (χ4v) is 2.30. The lowest BCUT2D eigenvalue weighted by atomic mass is 10.1. The van der Waals surface area contributed by atoms with Gasteiger partial charge in [-0.2, -0.15) is 5.26 Å². The molecule has 0 radical (unpaired) electrons. The fraction of sp³-hybridized carbons (Fsp3) is 0.444. The Morgan fingerprint density at radius 1 is 1.22 bits per heavy atom. The summed E-state index contributed by atoms with van der Waals surface area (Å²) in [6, 6.07) is 8.78. The van der Waals surface area contributed by atoms with E-state index in [0.717, 1.165) is 13.1 Å². The van der Waals surface area contributed by atoms with Gasteiger partial charge in [0.25, 0.3) is 5.91 Å². The van der Waals surface area contributed by atoms with E-state index in [1.165, 1.54) is 0 Å². The van der Waals surface area contributed by atoms with Gasteiger partial charge in [0, 0.05) is 30.0 Å². The van der Waals surface area contributed by atoms with Gasteiger partial charge in [-0.3, -0.25) is 4.79 Å². The predicted molar refractivity (Wildman–Crippen MR) is 95.0 cm³/mol. The molecule has 0 unspecified atom stereocenters. The lowest BCUT2D eigenvalue weighted by molar-refractivity contribution is -0.112. The molecule has 23 heavy (non-hydrogen) atoms. The van der Waals surface area contributed by atoms with Crippen LogP contribution >= 0.6 is 11.6 Å². The number of nitrogens with zero attached hydrogens (tertiary/aromatic N) is 2. The maximum absolute atomic E-state index is 12.3. The standard InChI is InChI=1S/C18H24ClN3O/c1-13(2)10-22(11-14(3)4)12-15(9-20)18(23)21-17-7-5-16(19)6-8-17/h5-8,12-14H,10-11H2,1-4H3,(H,21,23)/b15-12-. The van der Waals surface area contributed by atoms with Crippen molar-refractivity contribution in [3.05, 3.63) is 41.1 Å². The number of nitriles is 1. The van der Waals surface area contributed by atoms with Crippen molar-refractivity contribution in [2.75, 3.05) is 18.4 Å². The lowest BCUT2D eigenvalue weighted by Crippen LogP contribution is -2.28. The highest BCUT2D eigenvalue weighted by Crippen LogP contribution is 2.14. The molecule has 1 aromatic rings. The van der Waals surface area contributed by atoms with Gasteiger partial charge < -0.3 is 10.2 Å². The Balaban J connectivity index is 2.87. The first-order valence-corrected chi connectivity index (χ1v) is 8.12. The van der Waals surface area contributed by atoms with Gasteiger partial charge in [0.05, 0.1) is 0 Å². The summed E-state index contributed by atoms with van der Waals surface area (Å²) >= 11 is 5.82. The number of amides is 1. The minimum absolute atomic E-state index is 0.0984. The Kier molecular flexibility index (Phi) is 7.64. The molecule has 124 valence electrons. The molecule has 0 heterocycles. The molecule has 1 aromatic carbocycles. The summed E-state index contributed by atoms with van der Waals surface area (Å²) in [6.45, 7) is 10.1. The van der Waals surface area contributed by atoms with Gasteiger partial charge in [-0.1, -0.05) is 39.3 Å². The maximum Gasteiger partial charge on any atom is 0.267 e. The van der Waals surface area contributed by atoms with Crippen molar-refractivity contribution in [2.45, 2.75) is 27.7 Å². The number of carbonyl (C=O) groups is 1. The van der Waals surface area contributed by atoms with Crippen molar-refractivity contribution >= 4 is 23.2 Å². The van der Waals surface area contributed by atoms with E-state index in [1.807, 2.05) is 11.0 Å². The lowest BCUT2D eigenvalue weighted by Gasteiger charge is -2.25. The van der Waals surface area contributed by atoms with Crippen molar-refractivity contribution in [3.8, 4) is 6.07 Å². The number of benzene rings is 1. The van der Waals surface area contributed by atoms with Crippen molar-refractivity contribution in [1.82, 2.24) is 4.90 Å². The topological polar surface area (TPSA) is 56.1 Å². The van der Waals surface area contributed by atoms with Crippen molar-refractivity contribution < 1.29 is 4.79 Å². The molecule has 1 amide bonds. The van der Waals surface area contributed by atoms with Crippen LogP contribution in [0.4, 0.5) is 5.69 Å². The zero-order chi connectivity index (χ0) is 17.4. The first-order valence-electron chi connectivity index (χ1n) is 7.74. The number of nitrogens with one attached hydrogen (secondary N) is 1. The van der Waals surface area contributed by atoms with Crippen LogP contribution in [-0.2, 0) is 4.79 Å². The van der Waals surface area contributed by atoms with E-state index in [4.69, 9.17) is 11.6 Å². The fourth-order valence-electron chi connectivity index (χ4n) is 2.17. The summed E-state index contributed by atoms with van der Waals surface area (Å²) in [7, 11) is 0. The van der Waals surface area contributed by atoms with Crippen molar-refractivity contribution in [1.29, 1.82) is 5.26 Å². The van der Waals surface area contributed by atoms with Gasteiger partial charge in [-0.05, 0) is 36.1 Å². The highest BCUT2D eigenvalue weighted by atomic mass is 35.5. The summed E-state index contributed by atoms with van der Waals surface area (Å²) in [4.78, 5) is 14.3. The van der Waals surface area contributed by atoms with E-state index in [-0.39, 0.29) is 5.57 Å². The SMILES string of the molecule is CC(C)CN(/C=C(/C#N)C(=O)Nc1ccc(Cl)cc1)CC(C)C. The Morgan fingerprint density at radius 3 is 2.17 bits per heavy atom. The largest absolute Gasteiger partial charge is 0.376 e. The van der Waals surface area contributed by atoms with Crippen LogP contribution in [0.2, 0.25) is 5.02 Å². The highest BCUT2D eigenvalue weighted by molar-refractivity contribution is 6.30. The summed E-state index contributed by atoms with van der Waals surface area (Å²) in [5, 5.41) is 12.6. The molecule has 1 rings (SSSR count). The molecule has 0 atom stereocenters. The maximum atomic E-state index is 12.3. The molecule has 4 nitrogen and oxygen atoms in total. The minimum atomic E-state index is -0.410. The number of carbonyl (C=O) groups excluding carboxylic acids is 1. The summed E-state index contributed by atoms with van der Waals surface area (Å²) in [5.41, 5.74) is 0.709. The molecule has 0 saturated carbocycles. The van der Waals surface area contributed by atoms with Gasteiger partial charge in [0.1, 0.15) is 11.6 Å². The van der Waals surface area contributed by atoms with Crippen LogP contribution in [0.3, 0.4) is 0 Å². The van der Waals surface area contributed by atoms with Crippen molar-refractivity contribution in [2.24, 2.45) is 11.8 Å². The summed E-state index contributed by atoms with van der Waals surface area (Å²) in [6.07, 6.45) is 1.66. The third kappa shape index (κ3) is 7.21. The highest BCUT2D eigenvalue weighted by Gasteiger charge is 2.13. The normalized spacial score (nSPS) is 11.5. The van der Waals surface area contributed by atoms with Gasteiger partial charge in [0.2, 0.25) is 0 Å². The molecule has 0 saturated heterocycles. The van der Waals surface area contributed by atoms with E-state index < -0.39 is 5.91 Å². The average molecular weight is 334 g/mol. The number of hydrogen-bond donors (Lipinski definition) is 1. The van der Waals surface area contributed by atoms with Gasteiger partial charge in [-0.25, -0.2) is 0 Å². The second-order valence-corrected chi connectivity index (χ2v) is 6.79. The van der Waals surface area contributed by atoms with Crippen LogP contribution in [-0.4, -0.2) is 23.9 Å². The summed E-state index contributed by atoms with van der Waals surface area (Å²) < 4.78 is 0. The second kappa shape index (κ2) is 9.22. The number of hydrogen-bond acceptors (Lipinski definition) is 3. The van der Waals surface area contributed by atoms with Crippen LogP contribution in [0, 0.1) is 23.2 Å². The van der Waals surface area contributed by atoms with Gasteiger partial charge >= 0.3 is 0 Å². The molecule has 0 aliphatic carbocycles. The van der Waals surface area contributed by atoms with E-state index in [9.17, 15) is 10.1 Å². The molecule has 0 aromatic heterocycles. The average Bonchev–Trinajstić information content (AvgIpc) is 2.45. The molecule has 0 aliphatic rings. The van der Waals surface area contributed by atoms with Crippen LogP contribution in [0.5, 0.6) is 0 Å². The molecule has 1 N–H and O–H groups in total. The second-order valence-electron chi connectivity index (χ2n) is 6.36. The van der Waals surface area contributed by atoms with Gasteiger partial charge in [0.15, 0.2) is 0 Å². The van der Waals surface area contributed by atoms with Crippen LogP contribution in [0.25, 0.3) is 0 Å². The minimum Gasteiger partial charge on any atom is -0.376 e. The molecule has 0 aliphatic heterocycles. The quantitative estimate of drug-likeness (QED) is 0.598.